The molecule has 3 rings (SSSR count). The van der Waals surface area contributed by atoms with Crippen LogP contribution in [0.15, 0.2) is 84.9 Å². The van der Waals surface area contributed by atoms with Gasteiger partial charge in [0.2, 0.25) is 0 Å². The first kappa shape index (κ1) is 27.1. The predicted octanol–water partition coefficient (Wildman–Crippen LogP) is 4.37. The second kappa shape index (κ2) is 13.0. The molecule has 35 heavy (non-hydrogen) atoms. The fourth-order valence-corrected chi connectivity index (χ4v) is 8.95. The molecular weight excluding hydrogens is 456 g/mol. The van der Waals surface area contributed by atoms with Gasteiger partial charge in [-0.05, 0) is 33.1 Å². The van der Waals surface area contributed by atoms with Crippen molar-refractivity contribution in [2.24, 2.45) is 5.92 Å². The van der Waals surface area contributed by atoms with Crippen molar-refractivity contribution in [1.82, 2.24) is 0 Å². The number of ether oxygens (including phenoxy) is 3. The van der Waals surface area contributed by atoms with Gasteiger partial charge in [-0.25, -0.2) is 0 Å². The Kier molecular flexibility index (Phi) is 10.1. The maximum absolute atomic E-state index is 10.1. The quantitative estimate of drug-likeness (QED) is 0.217. The Morgan fingerprint density at radius 3 is 1.83 bits per heavy atom. The van der Waals surface area contributed by atoms with Crippen LogP contribution < -0.4 is 15.1 Å². The first-order valence-electron chi connectivity index (χ1n) is 12.0. The van der Waals surface area contributed by atoms with Crippen LogP contribution in [0.1, 0.15) is 26.3 Å². The van der Waals surface area contributed by atoms with E-state index in [-0.39, 0.29) is 24.4 Å². The van der Waals surface area contributed by atoms with E-state index in [0.717, 1.165) is 11.3 Å². The molecule has 3 aromatic carbocycles. The molecule has 5 nitrogen and oxygen atoms in total. The van der Waals surface area contributed by atoms with E-state index < -0.39 is 8.32 Å². The van der Waals surface area contributed by atoms with Crippen LogP contribution >= 0.6 is 0 Å². The van der Waals surface area contributed by atoms with Gasteiger partial charge in [0, 0.05) is 12.5 Å². The van der Waals surface area contributed by atoms with Gasteiger partial charge in [-0.1, -0.05) is 93.6 Å². The number of aliphatic hydroxyl groups is 1. The summed E-state index contributed by atoms with van der Waals surface area (Å²) in [7, 11) is -0.996. The Labute approximate surface area is 210 Å². The third-order valence-corrected chi connectivity index (χ3v) is 11.2. The lowest BCUT2D eigenvalue weighted by molar-refractivity contribution is -0.0796. The van der Waals surface area contributed by atoms with Crippen LogP contribution in [0.5, 0.6) is 5.75 Å². The van der Waals surface area contributed by atoms with E-state index >= 15 is 0 Å². The van der Waals surface area contributed by atoms with Gasteiger partial charge < -0.3 is 23.7 Å². The molecule has 0 bridgehead atoms. The van der Waals surface area contributed by atoms with Crippen molar-refractivity contribution in [2.45, 2.75) is 32.4 Å². The molecule has 0 saturated heterocycles. The van der Waals surface area contributed by atoms with Crippen molar-refractivity contribution in [2.75, 3.05) is 33.7 Å². The molecule has 3 aromatic rings. The summed E-state index contributed by atoms with van der Waals surface area (Å²) in [6, 6.07) is 28.8. The molecule has 1 N–H and O–H groups in total. The van der Waals surface area contributed by atoms with E-state index in [9.17, 15) is 5.11 Å². The monoisotopic (exact) mass is 494 g/mol. The highest BCUT2D eigenvalue weighted by molar-refractivity contribution is 6.99. The highest BCUT2D eigenvalue weighted by Gasteiger charge is 2.50. The lowest BCUT2D eigenvalue weighted by Gasteiger charge is -2.43. The zero-order valence-corrected chi connectivity index (χ0v) is 22.3. The fraction of sp³-hybridized carbons (Fsp3) is 0.379. The van der Waals surface area contributed by atoms with E-state index in [0.29, 0.717) is 19.8 Å². The molecule has 6 heteroatoms. The van der Waals surface area contributed by atoms with Gasteiger partial charge >= 0.3 is 0 Å². The van der Waals surface area contributed by atoms with Crippen molar-refractivity contribution < 1.29 is 23.7 Å². The Balaban J connectivity index is 1.63. The molecule has 0 fully saturated rings. The zero-order valence-electron chi connectivity index (χ0n) is 21.3. The second-order valence-corrected chi connectivity index (χ2v) is 14.0. The van der Waals surface area contributed by atoms with Crippen LogP contribution in [0, 0.1) is 5.92 Å². The van der Waals surface area contributed by atoms with Crippen molar-refractivity contribution in [3.63, 3.8) is 0 Å². The van der Waals surface area contributed by atoms with Gasteiger partial charge in [-0.3, -0.25) is 0 Å². The Bertz CT molecular complexity index is 948. The standard InChI is InChI=1S/C29H38O5Si/c1-29(2,3)35(27-11-7-5-8-12-27,28-13-9-6-10-14-28)34-22-25(19-30)21-33-23-32-20-24-15-17-26(31-4)18-16-24/h5-18,25,30H,19-23H2,1-4H3/t25-/m1/s1. The summed E-state index contributed by atoms with van der Waals surface area (Å²) in [5.41, 5.74) is 1.04. The number of rotatable bonds is 13. The van der Waals surface area contributed by atoms with E-state index in [1.165, 1.54) is 10.4 Å². The summed E-state index contributed by atoms with van der Waals surface area (Å²) in [5.74, 6) is 0.665. The minimum atomic E-state index is -2.64. The molecule has 0 aromatic heterocycles. The van der Waals surface area contributed by atoms with Crippen LogP contribution in [0.3, 0.4) is 0 Å². The first-order valence-corrected chi connectivity index (χ1v) is 14.0. The molecule has 0 saturated carbocycles. The number of hydrogen-bond donors (Lipinski definition) is 1. The average molecular weight is 495 g/mol. The molecule has 0 aliphatic heterocycles. The summed E-state index contributed by atoms with van der Waals surface area (Å²) < 4.78 is 23.5. The van der Waals surface area contributed by atoms with Crippen molar-refractivity contribution in [1.29, 1.82) is 0 Å². The average Bonchev–Trinajstić information content (AvgIpc) is 2.88. The van der Waals surface area contributed by atoms with Crippen LogP contribution in [0.2, 0.25) is 5.04 Å². The highest BCUT2D eigenvalue weighted by Crippen LogP contribution is 2.37. The Morgan fingerprint density at radius 1 is 0.771 bits per heavy atom. The smallest absolute Gasteiger partial charge is 0.261 e. The molecule has 0 radical (unpaired) electrons. The molecule has 0 aliphatic carbocycles. The van der Waals surface area contributed by atoms with Crippen molar-refractivity contribution in [3.05, 3.63) is 90.5 Å². The molecule has 188 valence electrons. The Hall–Kier alpha value is -2.48. The maximum Gasteiger partial charge on any atom is 0.261 e. The molecule has 0 spiro atoms. The highest BCUT2D eigenvalue weighted by atomic mass is 28.4. The molecule has 0 amide bonds. The summed E-state index contributed by atoms with van der Waals surface area (Å²) in [6.07, 6.45) is 0. The molecule has 0 heterocycles. The van der Waals surface area contributed by atoms with Crippen LogP contribution in [0.4, 0.5) is 0 Å². The van der Waals surface area contributed by atoms with Crippen molar-refractivity contribution in [3.8, 4) is 5.75 Å². The van der Waals surface area contributed by atoms with Gasteiger partial charge in [0.25, 0.3) is 8.32 Å². The largest absolute Gasteiger partial charge is 0.497 e. The molecule has 1 atom stereocenters. The third kappa shape index (κ3) is 7.03. The van der Waals surface area contributed by atoms with Gasteiger partial charge in [0.15, 0.2) is 0 Å². The summed E-state index contributed by atoms with van der Waals surface area (Å²) in [6.45, 7) is 8.09. The topological polar surface area (TPSA) is 57.2 Å². The minimum Gasteiger partial charge on any atom is -0.497 e. The van der Waals surface area contributed by atoms with Crippen LogP contribution in [-0.4, -0.2) is 47.1 Å². The summed E-state index contributed by atoms with van der Waals surface area (Å²) in [5, 5.41) is 12.4. The van der Waals surface area contributed by atoms with Crippen LogP contribution in [0.25, 0.3) is 0 Å². The zero-order chi connectivity index (χ0) is 25.2. The first-order chi connectivity index (χ1) is 16.9. The lowest BCUT2D eigenvalue weighted by Crippen LogP contribution is -2.67. The summed E-state index contributed by atoms with van der Waals surface area (Å²) in [4.78, 5) is 0. The fourth-order valence-electron chi connectivity index (χ4n) is 4.31. The van der Waals surface area contributed by atoms with Crippen molar-refractivity contribution >= 4 is 18.7 Å². The SMILES string of the molecule is COc1ccc(COCOC[C@@H](CO)CO[Si](c2ccccc2)(c2ccccc2)C(C)(C)C)cc1. The molecule has 0 aliphatic rings. The van der Waals surface area contributed by atoms with Gasteiger partial charge in [-0.15, -0.1) is 0 Å². The van der Waals surface area contributed by atoms with Gasteiger partial charge in [0.1, 0.15) is 12.5 Å². The molecular formula is C29H38O5Si. The summed E-state index contributed by atoms with van der Waals surface area (Å²) >= 11 is 0. The third-order valence-electron chi connectivity index (χ3n) is 6.16. The van der Waals surface area contributed by atoms with E-state index in [1.807, 2.05) is 36.4 Å². The second-order valence-electron chi connectivity index (χ2n) is 9.71. The number of methoxy groups -OCH3 is 1. The maximum atomic E-state index is 10.1. The van der Waals surface area contributed by atoms with E-state index in [1.54, 1.807) is 7.11 Å². The Morgan fingerprint density at radius 2 is 1.34 bits per heavy atom. The van der Waals surface area contributed by atoms with Crippen LogP contribution in [-0.2, 0) is 20.5 Å². The molecule has 0 unspecified atom stereocenters. The van der Waals surface area contributed by atoms with Gasteiger partial charge in [0.05, 0.1) is 26.9 Å². The number of hydrogen-bond acceptors (Lipinski definition) is 5. The lowest BCUT2D eigenvalue weighted by atomic mass is 10.2. The normalized spacial score (nSPS) is 12.9. The number of benzene rings is 3. The van der Waals surface area contributed by atoms with E-state index in [4.69, 9.17) is 18.6 Å². The van der Waals surface area contributed by atoms with Gasteiger partial charge in [-0.2, -0.15) is 0 Å². The van der Waals surface area contributed by atoms with E-state index in [2.05, 4.69) is 69.3 Å². The minimum absolute atomic E-state index is 0.0172. The number of aliphatic hydroxyl groups excluding tert-OH is 1. The predicted molar refractivity (Wildman–Crippen MR) is 143 cm³/mol.